The molecule has 0 saturated heterocycles. The van der Waals surface area contributed by atoms with Crippen molar-refractivity contribution in [2.45, 2.75) is 6.92 Å². The first-order valence-corrected chi connectivity index (χ1v) is 5.53. The topological polar surface area (TPSA) is 46.0 Å². The van der Waals surface area contributed by atoms with Gasteiger partial charge < -0.3 is 9.40 Å². The fourth-order valence-corrected chi connectivity index (χ4v) is 2.14. The van der Waals surface area contributed by atoms with Gasteiger partial charge in [-0.1, -0.05) is 0 Å². The number of carbonyl (C=O) groups excluding carboxylic acids is 1. The molecular weight excluding hydrogens is 233 g/mol. The minimum atomic E-state index is -0.366. The van der Waals surface area contributed by atoms with Crippen LogP contribution in [0.25, 0.3) is 22.4 Å². The van der Waals surface area contributed by atoms with Crippen LogP contribution in [0.3, 0.4) is 0 Å². The van der Waals surface area contributed by atoms with Crippen molar-refractivity contribution in [3.05, 3.63) is 48.0 Å². The second kappa shape index (κ2) is 3.84. The van der Waals surface area contributed by atoms with Gasteiger partial charge in [-0.25, -0.2) is 4.39 Å². The molecule has 0 amide bonds. The number of halogens is 1. The zero-order chi connectivity index (χ0) is 12.7. The number of nitrogens with one attached hydrogen (secondary N) is 1. The lowest BCUT2D eigenvalue weighted by molar-refractivity contribution is 0.101. The van der Waals surface area contributed by atoms with Gasteiger partial charge in [0.15, 0.2) is 11.5 Å². The molecule has 0 fully saturated rings. The molecule has 0 radical (unpaired) electrons. The van der Waals surface area contributed by atoms with Gasteiger partial charge in [0.05, 0.1) is 17.5 Å². The number of hydrogen-bond donors (Lipinski definition) is 1. The van der Waals surface area contributed by atoms with E-state index in [-0.39, 0.29) is 11.6 Å². The molecule has 4 heteroatoms. The Kier molecular flexibility index (Phi) is 2.30. The lowest BCUT2D eigenvalue weighted by Crippen LogP contribution is -1.93. The van der Waals surface area contributed by atoms with Crippen LogP contribution in [0.15, 0.2) is 41.0 Å². The summed E-state index contributed by atoms with van der Waals surface area (Å²) >= 11 is 0. The molecule has 3 nitrogen and oxygen atoms in total. The first-order chi connectivity index (χ1) is 8.66. The number of ketones is 1. The summed E-state index contributed by atoms with van der Waals surface area (Å²) in [7, 11) is 0. The molecule has 0 unspecified atom stereocenters. The van der Waals surface area contributed by atoms with Gasteiger partial charge in [0, 0.05) is 10.9 Å². The predicted molar refractivity (Wildman–Crippen MR) is 66.0 cm³/mol. The van der Waals surface area contributed by atoms with Gasteiger partial charge in [0.1, 0.15) is 5.82 Å². The third-order valence-corrected chi connectivity index (χ3v) is 2.88. The van der Waals surface area contributed by atoms with Crippen LogP contribution in [-0.2, 0) is 0 Å². The summed E-state index contributed by atoms with van der Waals surface area (Å²) in [5, 5.41) is 0.578. The Morgan fingerprint density at radius 3 is 2.83 bits per heavy atom. The first kappa shape index (κ1) is 10.8. The molecule has 0 aliphatic heterocycles. The van der Waals surface area contributed by atoms with Gasteiger partial charge in [-0.2, -0.15) is 0 Å². The number of H-pyrrole nitrogens is 1. The maximum atomic E-state index is 13.3. The number of Topliss-reactive ketones (excluding diaryl/α,β-unsaturated/α-hetero) is 1. The molecule has 2 aromatic heterocycles. The number of aromatic amines is 1. The van der Waals surface area contributed by atoms with Crippen LogP contribution in [0.5, 0.6) is 0 Å². The summed E-state index contributed by atoms with van der Waals surface area (Å²) in [5.41, 5.74) is 1.76. The van der Waals surface area contributed by atoms with Crippen molar-refractivity contribution >= 4 is 16.7 Å². The van der Waals surface area contributed by atoms with Gasteiger partial charge in [0.2, 0.25) is 0 Å². The molecule has 18 heavy (non-hydrogen) atoms. The van der Waals surface area contributed by atoms with Gasteiger partial charge in [-0.3, -0.25) is 4.79 Å². The molecule has 1 aromatic carbocycles. The molecule has 0 aliphatic carbocycles. The van der Waals surface area contributed by atoms with Crippen LogP contribution < -0.4 is 0 Å². The van der Waals surface area contributed by atoms with Crippen LogP contribution in [0.2, 0.25) is 0 Å². The Morgan fingerprint density at radius 2 is 2.17 bits per heavy atom. The molecule has 1 N–H and O–H groups in total. The minimum absolute atomic E-state index is 0.127. The molecule has 0 saturated carbocycles. The van der Waals surface area contributed by atoms with E-state index >= 15 is 0 Å². The summed E-state index contributed by atoms with van der Waals surface area (Å²) < 4.78 is 18.6. The van der Waals surface area contributed by atoms with E-state index in [1.165, 1.54) is 25.3 Å². The summed E-state index contributed by atoms with van der Waals surface area (Å²) in [6, 6.07) is 7.83. The molecule has 2 heterocycles. The zero-order valence-electron chi connectivity index (χ0n) is 9.66. The maximum Gasteiger partial charge on any atom is 0.162 e. The predicted octanol–water partition coefficient (Wildman–Crippen LogP) is 3.77. The van der Waals surface area contributed by atoms with Crippen molar-refractivity contribution in [3.8, 4) is 11.5 Å². The van der Waals surface area contributed by atoms with E-state index in [1.54, 1.807) is 18.2 Å². The third-order valence-electron chi connectivity index (χ3n) is 2.88. The van der Waals surface area contributed by atoms with Crippen molar-refractivity contribution in [2.24, 2.45) is 0 Å². The molecular formula is C14H10FNO2. The average Bonchev–Trinajstić information content (AvgIpc) is 2.94. The Hall–Kier alpha value is -2.36. The van der Waals surface area contributed by atoms with E-state index in [1.807, 2.05) is 0 Å². The average molecular weight is 243 g/mol. The highest BCUT2D eigenvalue weighted by Gasteiger charge is 2.18. The summed E-state index contributed by atoms with van der Waals surface area (Å²) in [5.74, 6) is 0.0741. The quantitative estimate of drug-likeness (QED) is 0.696. The Labute approximate surface area is 102 Å². The normalized spacial score (nSPS) is 11.0. The lowest BCUT2D eigenvalue weighted by Gasteiger charge is -1.97. The van der Waals surface area contributed by atoms with Crippen molar-refractivity contribution in [1.29, 1.82) is 0 Å². The maximum absolute atomic E-state index is 13.3. The fraction of sp³-hybridized carbons (Fsp3) is 0.0714. The SMILES string of the molecule is CC(=O)c1c(-c2ccco2)[nH]c2ccc(F)cc12. The van der Waals surface area contributed by atoms with Gasteiger partial charge in [-0.05, 0) is 37.3 Å². The summed E-state index contributed by atoms with van der Waals surface area (Å²) in [4.78, 5) is 14.9. The van der Waals surface area contributed by atoms with E-state index in [2.05, 4.69) is 4.98 Å². The smallest absolute Gasteiger partial charge is 0.162 e. The highest BCUT2D eigenvalue weighted by atomic mass is 19.1. The van der Waals surface area contributed by atoms with E-state index in [0.717, 1.165) is 0 Å². The fourth-order valence-electron chi connectivity index (χ4n) is 2.14. The molecule has 0 aliphatic rings. The molecule has 0 bridgehead atoms. The van der Waals surface area contributed by atoms with Crippen molar-refractivity contribution in [2.75, 3.05) is 0 Å². The number of fused-ring (bicyclic) bond motifs is 1. The van der Waals surface area contributed by atoms with Crippen LogP contribution in [0.4, 0.5) is 4.39 Å². The van der Waals surface area contributed by atoms with Crippen LogP contribution in [0, 0.1) is 5.82 Å². The van der Waals surface area contributed by atoms with Crippen LogP contribution in [0.1, 0.15) is 17.3 Å². The molecule has 0 spiro atoms. The van der Waals surface area contributed by atoms with E-state index in [9.17, 15) is 9.18 Å². The Balaban J connectivity index is 2.38. The third kappa shape index (κ3) is 1.54. The first-order valence-electron chi connectivity index (χ1n) is 5.53. The van der Waals surface area contributed by atoms with Crippen molar-refractivity contribution in [3.63, 3.8) is 0 Å². The number of carbonyl (C=O) groups is 1. The number of aromatic nitrogens is 1. The zero-order valence-corrected chi connectivity index (χ0v) is 9.66. The Morgan fingerprint density at radius 1 is 1.33 bits per heavy atom. The second-order valence-corrected chi connectivity index (χ2v) is 4.10. The summed E-state index contributed by atoms with van der Waals surface area (Å²) in [6.07, 6.45) is 1.53. The van der Waals surface area contributed by atoms with Gasteiger partial charge in [0.25, 0.3) is 0 Å². The highest BCUT2D eigenvalue weighted by molar-refractivity contribution is 6.11. The number of rotatable bonds is 2. The monoisotopic (exact) mass is 243 g/mol. The number of furan rings is 1. The van der Waals surface area contributed by atoms with Crippen LogP contribution in [-0.4, -0.2) is 10.8 Å². The number of benzene rings is 1. The largest absolute Gasteiger partial charge is 0.463 e. The van der Waals surface area contributed by atoms with Crippen LogP contribution >= 0.6 is 0 Å². The molecule has 3 rings (SSSR count). The van der Waals surface area contributed by atoms with Gasteiger partial charge >= 0.3 is 0 Å². The Bertz CT molecular complexity index is 726. The molecule has 90 valence electrons. The van der Waals surface area contributed by atoms with E-state index in [4.69, 9.17) is 4.42 Å². The lowest BCUT2D eigenvalue weighted by atomic mass is 10.1. The minimum Gasteiger partial charge on any atom is -0.463 e. The molecule has 3 aromatic rings. The van der Waals surface area contributed by atoms with Crippen molar-refractivity contribution < 1.29 is 13.6 Å². The van der Waals surface area contributed by atoms with E-state index < -0.39 is 0 Å². The van der Waals surface area contributed by atoms with Gasteiger partial charge in [-0.15, -0.1) is 0 Å². The second-order valence-electron chi connectivity index (χ2n) is 4.10. The summed E-state index contributed by atoms with van der Waals surface area (Å²) in [6.45, 7) is 1.46. The highest BCUT2D eigenvalue weighted by Crippen LogP contribution is 2.31. The van der Waals surface area contributed by atoms with Crippen molar-refractivity contribution in [1.82, 2.24) is 4.98 Å². The standard InChI is InChI=1S/C14H10FNO2/c1-8(17)13-10-7-9(15)4-5-11(10)16-14(13)12-3-2-6-18-12/h2-7,16H,1H3. The number of hydrogen-bond acceptors (Lipinski definition) is 2. The van der Waals surface area contributed by atoms with E-state index in [0.29, 0.717) is 27.9 Å². The molecule has 0 atom stereocenters.